The number of nitrogens with one attached hydrogen (secondary N) is 1. The number of carbonyl (C=O) groups is 2. The van der Waals surface area contributed by atoms with Gasteiger partial charge in [0.15, 0.2) is 6.29 Å². The molecule has 0 bridgehead atoms. The number of anilines is 6. The van der Waals surface area contributed by atoms with Gasteiger partial charge in [-0.2, -0.15) is 0 Å². The molecule has 0 aliphatic carbocycles. The van der Waals surface area contributed by atoms with Crippen molar-refractivity contribution in [2.75, 3.05) is 22.9 Å². The molecule has 56 heavy (non-hydrogen) atoms. The van der Waals surface area contributed by atoms with Gasteiger partial charge >= 0.3 is 0 Å². The van der Waals surface area contributed by atoms with Crippen LogP contribution in [-0.4, -0.2) is 30.2 Å². The Morgan fingerprint density at radius 1 is 0.536 bits per heavy atom. The van der Waals surface area contributed by atoms with E-state index in [0.717, 1.165) is 51.5 Å². The van der Waals surface area contributed by atoms with Crippen LogP contribution in [-0.2, 0) is 9.59 Å². The molecule has 0 saturated heterocycles. The summed E-state index contributed by atoms with van der Waals surface area (Å²) in [5.74, 6) is -0.199. The van der Waals surface area contributed by atoms with Gasteiger partial charge in [-0.3, -0.25) is 9.59 Å². The molecule has 6 nitrogen and oxygen atoms in total. The Morgan fingerprint density at radius 3 is 1.20 bits per heavy atom. The second-order valence-corrected chi connectivity index (χ2v) is 14.3. The van der Waals surface area contributed by atoms with E-state index in [1.165, 1.54) is 22.3 Å². The molecule has 0 aromatic heterocycles. The molecule has 0 radical (unpaired) electrons. The van der Waals surface area contributed by atoms with Crippen LogP contribution in [0, 0.1) is 27.7 Å². The number of rotatable bonds is 12. The predicted octanol–water partition coefficient (Wildman–Crippen LogP) is 11.7. The molecule has 1 heterocycles. The number of hydrogen-bond donors (Lipinski definition) is 1. The van der Waals surface area contributed by atoms with Gasteiger partial charge in [0.1, 0.15) is 0 Å². The quantitative estimate of drug-likeness (QED) is 0.100. The zero-order valence-corrected chi connectivity index (χ0v) is 33.0. The monoisotopic (exact) mass is 736 g/mol. The highest BCUT2D eigenvalue weighted by atomic mass is 16.2. The number of aryl methyl sites for hydroxylation is 4. The molecule has 1 amide bonds. The number of amides is 1. The van der Waals surface area contributed by atoms with Crippen LogP contribution in [0.5, 0.6) is 0 Å². The fraction of sp³-hybridized carbons (Fsp3) is 0.160. The normalized spacial score (nSPS) is 13.5. The Kier molecular flexibility index (Phi) is 11.0. The molecule has 6 heteroatoms. The van der Waals surface area contributed by atoms with Crippen LogP contribution in [0.4, 0.5) is 34.1 Å². The zero-order valence-electron chi connectivity index (χ0n) is 33.0. The highest BCUT2D eigenvalue weighted by Gasteiger charge is 2.37. The van der Waals surface area contributed by atoms with Gasteiger partial charge in [-0.1, -0.05) is 95.1 Å². The Labute approximate surface area is 331 Å². The van der Waals surface area contributed by atoms with Crippen LogP contribution in [0.3, 0.4) is 0 Å². The average Bonchev–Trinajstić information content (AvgIpc) is 3.51. The fourth-order valence-corrected chi connectivity index (χ4v) is 7.31. The van der Waals surface area contributed by atoms with Crippen LogP contribution in [0.25, 0.3) is 11.4 Å². The zero-order chi connectivity index (χ0) is 39.3. The Bertz CT molecular complexity index is 2300. The van der Waals surface area contributed by atoms with E-state index < -0.39 is 0 Å². The summed E-state index contributed by atoms with van der Waals surface area (Å²) < 4.78 is 0. The summed E-state index contributed by atoms with van der Waals surface area (Å²) in [7, 11) is 0. The Hall–Kier alpha value is -6.66. The smallest absolute Gasteiger partial charge is 0.261 e. The van der Waals surface area contributed by atoms with E-state index in [0.29, 0.717) is 35.6 Å². The highest BCUT2D eigenvalue weighted by Crippen LogP contribution is 2.41. The lowest BCUT2D eigenvalue weighted by Gasteiger charge is -2.26. The van der Waals surface area contributed by atoms with E-state index in [9.17, 15) is 9.59 Å². The van der Waals surface area contributed by atoms with E-state index in [1.807, 2.05) is 38.1 Å². The first-order valence-corrected chi connectivity index (χ1v) is 19.3. The molecule has 6 aromatic rings. The topological polar surface area (TPSA) is 55.9 Å². The van der Waals surface area contributed by atoms with Gasteiger partial charge in [-0.05, 0) is 125 Å². The molecule has 1 aliphatic heterocycles. The molecule has 1 aliphatic rings. The molecule has 0 spiro atoms. The molecule has 0 fully saturated rings. The molecule has 0 saturated carbocycles. The molecular weight excluding hydrogens is 689 g/mol. The first-order chi connectivity index (χ1) is 27.2. The maximum absolute atomic E-state index is 14.4. The summed E-state index contributed by atoms with van der Waals surface area (Å²) in [6, 6.07) is 50.3. The number of benzene rings is 6. The van der Waals surface area contributed by atoms with E-state index in [1.54, 1.807) is 4.90 Å². The van der Waals surface area contributed by atoms with Gasteiger partial charge in [0.25, 0.3) is 5.91 Å². The van der Waals surface area contributed by atoms with Crippen molar-refractivity contribution in [2.45, 2.75) is 41.5 Å². The van der Waals surface area contributed by atoms with E-state index in [-0.39, 0.29) is 5.91 Å². The third-order valence-electron chi connectivity index (χ3n) is 10.3. The third kappa shape index (κ3) is 7.51. The van der Waals surface area contributed by atoms with Crippen molar-refractivity contribution in [3.05, 3.63) is 190 Å². The number of likely N-dealkylation sites (N-methyl/N-ethyl adjacent to an activating group) is 1. The lowest BCUT2D eigenvalue weighted by Crippen LogP contribution is -2.27. The standard InChI is InChI=1S/C50H48N4O2/c1-7-51-48(38-17-29-44(30-18-38)53(40-21-9-34(3)10-22-40)41-23-11-35(4)12-24-41)47-46(33-55)49(52(8-2)50(47)56)39-19-31-45(32-20-39)54(42-25-13-36(5)14-26-42)43-27-15-37(6)16-28-43/h9-33,51H,7-8H2,1-6H3/b48-47+. The number of carbonyl (C=O) groups excluding carboxylic acids is 2. The van der Waals surface area contributed by atoms with Crippen LogP contribution in [0.1, 0.15) is 47.2 Å². The van der Waals surface area contributed by atoms with Crippen LogP contribution >= 0.6 is 0 Å². The summed E-state index contributed by atoms with van der Waals surface area (Å²) >= 11 is 0. The largest absolute Gasteiger partial charge is 0.384 e. The number of aldehydes is 1. The number of nitrogens with zero attached hydrogens (tertiary/aromatic N) is 3. The Morgan fingerprint density at radius 2 is 0.875 bits per heavy atom. The predicted molar refractivity (Wildman–Crippen MR) is 232 cm³/mol. The Balaban J connectivity index is 1.29. The highest BCUT2D eigenvalue weighted by molar-refractivity contribution is 6.21. The van der Waals surface area contributed by atoms with Crippen molar-refractivity contribution in [2.24, 2.45) is 0 Å². The van der Waals surface area contributed by atoms with Crippen LogP contribution in [0.15, 0.2) is 157 Å². The summed E-state index contributed by atoms with van der Waals surface area (Å²) in [6.45, 7) is 13.3. The summed E-state index contributed by atoms with van der Waals surface area (Å²) in [5, 5.41) is 3.46. The first-order valence-electron chi connectivity index (χ1n) is 19.3. The minimum absolute atomic E-state index is 0.199. The van der Waals surface area contributed by atoms with Crippen molar-refractivity contribution >= 4 is 57.7 Å². The lowest BCUT2D eigenvalue weighted by atomic mass is 9.98. The van der Waals surface area contributed by atoms with Crippen molar-refractivity contribution < 1.29 is 9.59 Å². The summed E-state index contributed by atoms with van der Waals surface area (Å²) in [5.41, 5.74) is 14.5. The first kappa shape index (κ1) is 37.6. The van der Waals surface area contributed by atoms with Crippen LogP contribution < -0.4 is 15.1 Å². The van der Waals surface area contributed by atoms with Crippen molar-refractivity contribution in [3.8, 4) is 0 Å². The second-order valence-electron chi connectivity index (χ2n) is 14.3. The summed E-state index contributed by atoms with van der Waals surface area (Å²) in [6.07, 6.45) is 0.833. The maximum atomic E-state index is 14.4. The van der Waals surface area contributed by atoms with Gasteiger partial charge in [0, 0.05) is 47.2 Å². The molecular formula is C50H48N4O2. The maximum Gasteiger partial charge on any atom is 0.261 e. The fourth-order valence-electron chi connectivity index (χ4n) is 7.31. The number of hydrogen-bond acceptors (Lipinski definition) is 5. The summed E-state index contributed by atoms with van der Waals surface area (Å²) in [4.78, 5) is 33.7. The molecule has 0 atom stereocenters. The molecule has 6 aromatic carbocycles. The average molecular weight is 737 g/mol. The molecule has 280 valence electrons. The van der Waals surface area contributed by atoms with Crippen LogP contribution in [0.2, 0.25) is 0 Å². The lowest BCUT2D eigenvalue weighted by molar-refractivity contribution is -0.123. The molecule has 7 rings (SSSR count). The molecule has 0 unspecified atom stereocenters. The van der Waals surface area contributed by atoms with Crippen molar-refractivity contribution in [1.82, 2.24) is 10.2 Å². The third-order valence-corrected chi connectivity index (χ3v) is 10.3. The van der Waals surface area contributed by atoms with Gasteiger partial charge in [-0.15, -0.1) is 0 Å². The van der Waals surface area contributed by atoms with Gasteiger partial charge < -0.3 is 20.0 Å². The van der Waals surface area contributed by atoms with Gasteiger partial charge in [0.05, 0.1) is 22.5 Å². The van der Waals surface area contributed by atoms with Gasteiger partial charge in [0.2, 0.25) is 0 Å². The molecule has 1 N–H and O–H groups in total. The van der Waals surface area contributed by atoms with E-state index in [4.69, 9.17) is 0 Å². The SMILES string of the molecule is CCN/C(=C1/C(=O)N(CC)C(c2ccc(N(c3ccc(C)cc3)c3ccc(C)cc3)cc2)=C1C=O)c1ccc(N(c2ccc(C)cc2)c2ccc(C)cc2)cc1. The van der Waals surface area contributed by atoms with E-state index >= 15 is 0 Å². The van der Waals surface area contributed by atoms with E-state index in [2.05, 4.69) is 164 Å². The van der Waals surface area contributed by atoms with Crippen molar-refractivity contribution in [3.63, 3.8) is 0 Å². The minimum atomic E-state index is -0.199. The van der Waals surface area contributed by atoms with Gasteiger partial charge in [-0.25, -0.2) is 0 Å². The van der Waals surface area contributed by atoms with Crippen molar-refractivity contribution in [1.29, 1.82) is 0 Å². The second kappa shape index (κ2) is 16.4. The minimum Gasteiger partial charge on any atom is -0.384 e.